The van der Waals surface area contributed by atoms with Gasteiger partial charge in [0.15, 0.2) is 0 Å². The molecule has 0 aliphatic heterocycles. The van der Waals surface area contributed by atoms with Gasteiger partial charge in [-0.15, -0.1) is 0 Å². The van der Waals surface area contributed by atoms with Crippen molar-refractivity contribution in [2.24, 2.45) is 23.5 Å². The van der Waals surface area contributed by atoms with Crippen molar-refractivity contribution < 1.29 is 4.79 Å². The zero-order valence-electron chi connectivity index (χ0n) is 13.1. The van der Waals surface area contributed by atoms with Crippen LogP contribution in [-0.4, -0.2) is 28.9 Å². The number of hydrogen-bond acceptors (Lipinski definition) is 2. The third-order valence-electron chi connectivity index (χ3n) is 3.31. The summed E-state index contributed by atoms with van der Waals surface area (Å²) in [4.78, 5) is 14.8. The van der Waals surface area contributed by atoms with E-state index in [9.17, 15) is 4.79 Å². The minimum absolute atomic E-state index is 0.108. The molecule has 0 spiro atoms. The molecule has 19 heavy (non-hydrogen) atoms. The van der Waals surface area contributed by atoms with Crippen LogP contribution in [-0.2, 0) is 4.79 Å². The molecular weight excluding hydrogens is 256 g/mol. The number of thiocarbonyl (C=S) groups is 1. The maximum atomic E-state index is 12.5. The van der Waals surface area contributed by atoms with Crippen molar-refractivity contribution in [3.8, 4) is 0 Å². The lowest BCUT2D eigenvalue weighted by atomic mass is 10.0. The van der Waals surface area contributed by atoms with Gasteiger partial charge in [-0.1, -0.05) is 46.8 Å². The predicted octanol–water partition coefficient (Wildman–Crippen LogP) is 3.22. The van der Waals surface area contributed by atoms with Crippen LogP contribution in [0.1, 0.15) is 53.9 Å². The molecule has 3 nitrogen and oxygen atoms in total. The predicted molar refractivity (Wildman–Crippen MR) is 86.1 cm³/mol. The summed E-state index contributed by atoms with van der Waals surface area (Å²) < 4.78 is 0. The molecule has 0 radical (unpaired) electrons. The molecule has 2 N–H and O–H groups in total. The Kier molecular flexibility index (Phi) is 8.98. The highest BCUT2D eigenvalue weighted by molar-refractivity contribution is 7.80. The van der Waals surface area contributed by atoms with Crippen molar-refractivity contribution in [2.75, 3.05) is 13.1 Å². The lowest BCUT2D eigenvalue weighted by molar-refractivity contribution is -0.133. The molecule has 0 saturated heterocycles. The average molecular weight is 286 g/mol. The third-order valence-corrected chi connectivity index (χ3v) is 3.60. The number of nitrogens with zero attached hydrogens (tertiary/aromatic N) is 1. The van der Waals surface area contributed by atoms with Crippen molar-refractivity contribution in [3.05, 3.63) is 0 Å². The molecule has 1 atom stereocenters. The fraction of sp³-hybridized carbons (Fsp3) is 0.867. The maximum Gasteiger partial charge on any atom is 0.232 e. The molecule has 0 rings (SSSR count). The number of hydrogen-bond donors (Lipinski definition) is 1. The highest BCUT2D eigenvalue weighted by Gasteiger charge is 2.25. The quantitative estimate of drug-likeness (QED) is 0.662. The van der Waals surface area contributed by atoms with Crippen LogP contribution in [0.15, 0.2) is 0 Å². The molecule has 0 aromatic carbocycles. The highest BCUT2D eigenvalue weighted by atomic mass is 32.1. The van der Waals surface area contributed by atoms with Crippen LogP contribution in [0, 0.1) is 17.8 Å². The van der Waals surface area contributed by atoms with Crippen LogP contribution in [0.5, 0.6) is 0 Å². The van der Waals surface area contributed by atoms with Gasteiger partial charge in [-0.2, -0.15) is 0 Å². The van der Waals surface area contributed by atoms with E-state index in [-0.39, 0.29) is 11.8 Å². The van der Waals surface area contributed by atoms with Crippen molar-refractivity contribution in [3.63, 3.8) is 0 Å². The Bertz CT molecular complexity index is 278. The molecule has 1 unspecified atom stereocenters. The standard InChI is InChI=1S/C15H30N2OS/c1-6-13(14(16)19)15(18)17(9-7-11(2)3)10-8-12(4)5/h11-13H,6-10H2,1-5H3,(H2,16,19). The molecule has 0 saturated carbocycles. The van der Waals surface area contributed by atoms with Gasteiger partial charge in [-0.05, 0) is 31.1 Å². The van der Waals surface area contributed by atoms with Crippen LogP contribution in [0.4, 0.5) is 0 Å². The van der Waals surface area contributed by atoms with E-state index in [1.165, 1.54) is 0 Å². The topological polar surface area (TPSA) is 46.3 Å². The van der Waals surface area contributed by atoms with Gasteiger partial charge in [0.1, 0.15) is 0 Å². The van der Waals surface area contributed by atoms with E-state index in [4.69, 9.17) is 18.0 Å². The molecule has 0 aliphatic carbocycles. The molecule has 0 heterocycles. The molecule has 0 bridgehead atoms. The summed E-state index contributed by atoms with van der Waals surface area (Å²) in [5.41, 5.74) is 5.68. The molecule has 112 valence electrons. The first-order valence-electron chi connectivity index (χ1n) is 7.37. The fourth-order valence-corrected chi connectivity index (χ4v) is 2.15. The summed E-state index contributed by atoms with van der Waals surface area (Å²) in [5.74, 6) is 1.00. The Balaban J connectivity index is 4.68. The lowest BCUT2D eigenvalue weighted by Crippen LogP contribution is -2.42. The first-order valence-corrected chi connectivity index (χ1v) is 7.78. The Morgan fingerprint density at radius 3 is 1.79 bits per heavy atom. The zero-order chi connectivity index (χ0) is 15.0. The van der Waals surface area contributed by atoms with Crippen LogP contribution in [0.3, 0.4) is 0 Å². The second-order valence-corrected chi connectivity index (χ2v) is 6.52. The van der Waals surface area contributed by atoms with Gasteiger partial charge in [0.25, 0.3) is 0 Å². The first-order chi connectivity index (χ1) is 8.79. The van der Waals surface area contributed by atoms with Gasteiger partial charge >= 0.3 is 0 Å². The molecule has 1 amide bonds. The minimum Gasteiger partial charge on any atom is -0.393 e. The second-order valence-electron chi connectivity index (χ2n) is 6.05. The highest BCUT2D eigenvalue weighted by Crippen LogP contribution is 2.13. The minimum atomic E-state index is -0.297. The molecule has 0 aromatic heterocycles. The van der Waals surface area contributed by atoms with Gasteiger partial charge in [-0.3, -0.25) is 4.79 Å². The van der Waals surface area contributed by atoms with E-state index < -0.39 is 0 Å². The van der Waals surface area contributed by atoms with Crippen molar-refractivity contribution in [1.82, 2.24) is 4.90 Å². The Morgan fingerprint density at radius 2 is 1.53 bits per heavy atom. The van der Waals surface area contributed by atoms with Gasteiger partial charge in [-0.25, -0.2) is 0 Å². The van der Waals surface area contributed by atoms with E-state index in [1.54, 1.807) is 0 Å². The number of carbonyl (C=O) groups is 1. The zero-order valence-corrected chi connectivity index (χ0v) is 13.9. The average Bonchev–Trinajstić information content (AvgIpc) is 2.28. The molecule has 0 aliphatic rings. The fourth-order valence-electron chi connectivity index (χ4n) is 1.88. The first kappa shape index (κ1) is 18.4. The van der Waals surface area contributed by atoms with Gasteiger partial charge in [0.05, 0.1) is 10.9 Å². The van der Waals surface area contributed by atoms with Crippen LogP contribution < -0.4 is 5.73 Å². The van der Waals surface area contributed by atoms with E-state index in [0.717, 1.165) is 25.9 Å². The second kappa shape index (κ2) is 9.29. The van der Waals surface area contributed by atoms with E-state index in [1.807, 2.05) is 11.8 Å². The van der Waals surface area contributed by atoms with Crippen LogP contribution in [0.2, 0.25) is 0 Å². The van der Waals surface area contributed by atoms with Crippen LogP contribution in [0.25, 0.3) is 0 Å². The smallest absolute Gasteiger partial charge is 0.232 e. The van der Waals surface area contributed by atoms with Gasteiger partial charge in [0, 0.05) is 13.1 Å². The lowest BCUT2D eigenvalue weighted by Gasteiger charge is -2.28. The maximum absolute atomic E-state index is 12.5. The number of amides is 1. The Hall–Kier alpha value is -0.640. The van der Waals surface area contributed by atoms with Gasteiger partial charge < -0.3 is 10.6 Å². The number of nitrogens with two attached hydrogens (primary N) is 1. The monoisotopic (exact) mass is 286 g/mol. The van der Waals surface area contributed by atoms with Gasteiger partial charge in [0.2, 0.25) is 5.91 Å². The Labute approximate surface area is 123 Å². The van der Waals surface area contributed by atoms with Crippen molar-refractivity contribution >= 4 is 23.1 Å². The Morgan fingerprint density at radius 1 is 1.11 bits per heavy atom. The van der Waals surface area contributed by atoms with E-state index >= 15 is 0 Å². The summed E-state index contributed by atoms with van der Waals surface area (Å²) in [6.07, 6.45) is 2.74. The molecular formula is C15H30N2OS. The molecule has 0 fully saturated rings. The number of carbonyl (C=O) groups excluding carboxylic acids is 1. The van der Waals surface area contributed by atoms with E-state index in [2.05, 4.69) is 27.7 Å². The summed E-state index contributed by atoms with van der Waals surface area (Å²) >= 11 is 5.01. The number of rotatable bonds is 9. The summed E-state index contributed by atoms with van der Waals surface area (Å²) in [7, 11) is 0. The van der Waals surface area contributed by atoms with Crippen molar-refractivity contribution in [1.29, 1.82) is 0 Å². The van der Waals surface area contributed by atoms with Crippen molar-refractivity contribution in [2.45, 2.75) is 53.9 Å². The largest absolute Gasteiger partial charge is 0.393 e. The van der Waals surface area contributed by atoms with Crippen LogP contribution >= 0.6 is 12.2 Å². The third kappa shape index (κ3) is 7.51. The normalized spacial score (nSPS) is 12.8. The molecule has 0 aromatic rings. The SMILES string of the molecule is CCC(C(=O)N(CCC(C)C)CCC(C)C)C(N)=S. The summed E-state index contributed by atoms with van der Waals surface area (Å²) in [6, 6.07) is 0. The summed E-state index contributed by atoms with van der Waals surface area (Å²) in [6.45, 7) is 12.3. The summed E-state index contributed by atoms with van der Waals surface area (Å²) in [5, 5.41) is 0. The van der Waals surface area contributed by atoms with E-state index in [0.29, 0.717) is 23.2 Å². The molecule has 4 heteroatoms.